The van der Waals surface area contributed by atoms with E-state index >= 15 is 0 Å². The molecule has 1 aromatic carbocycles. The Labute approximate surface area is 171 Å². The van der Waals surface area contributed by atoms with Crippen LogP contribution in [0, 0.1) is 0 Å². The first-order valence-electron chi connectivity index (χ1n) is 10.2. The number of nitrogens with two attached hydrogens (primary N) is 2. The van der Waals surface area contributed by atoms with Gasteiger partial charge in [-0.2, -0.15) is 9.97 Å². The topological polar surface area (TPSA) is 135 Å². The molecule has 2 heterocycles. The van der Waals surface area contributed by atoms with E-state index in [9.17, 15) is 0 Å². The van der Waals surface area contributed by atoms with Gasteiger partial charge in [-0.25, -0.2) is 0 Å². The summed E-state index contributed by atoms with van der Waals surface area (Å²) in [7, 11) is 0. The molecule has 0 bridgehead atoms. The molecule has 0 aliphatic carbocycles. The van der Waals surface area contributed by atoms with Crippen LogP contribution >= 0.6 is 0 Å². The van der Waals surface area contributed by atoms with Gasteiger partial charge in [0, 0.05) is 12.3 Å². The number of anilines is 2. The number of rotatable bonds is 12. The second-order valence-electron chi connectivity index (χ2n) is 7.37. The summed E-state index contributed by atoms with van der Waals surface area (Å²) in [5.74, 6) is 2.65. The Balaban J connectivity index is 1.43. The minimum absolute atomic E-state index is 0.284. The number of aromatic amines is 2. The summed E-state index contributed by atoms with van der Waals surface area (Å²) >= 11 is 0. The predicted octanol–water partition coefficient (Wildman–Crippen LogP) is 3.64. The van der Waals surface area contributed by atoms with Crippen LogP contribution in [0.3, 0.4) is 0 Å². The molecule has 1 unspecified atom stereocenters. The van der Waals surface area contributed by atoms with Gasteiger partial charge in [-0.05, 0) is 30.4 Å². The number of H-pyrrole nitrogens is 2. The number of nitrogens with one attached hydrogen (secondary N) is 2. The second kappa shape index (κ2) is 10.4. The van der Waals surface area contributed by atoms with Gasteiger partial charge in [0.1, 0.15) is 11.6 Å². The number of benzene rings is 1. The van der Waals surface area contributed by atoms with Crippen molar-refractivity contribution in [2.45, 2.75) is 57.3 Å². The Hall–Kier alpha value is -3.16. The average Bonchev–Trinajstić information content (AvgIpc) is 3.35. The highest BCUT2D eigenvalue weighted by Crippen LogP contribution is 2.25. The maximum atomic E-state index is 5.72. The molecule has 2 aromatic heterocycles. The van der Waals surface area contributed by atoms with Crippen LogP contribution in [0.15, 0.2) is 30.8 Å². The van der Waals surface area contributed by atoms with Gasteiger partial charge in [0.25, 0.3) is 0 Å². The van der Waals surface area contributed by atoms with Crippen molar-refractivity contribution in [3.05, 3.63) is 53.6 Å². The second-order valence-corrected chi connectivity index (χ2v) is 7.37. The average molecular weight is 395 g/mol. The van der Waals surface area contributed by atoms with Gasteiger partial charge in [0.15, 0.2) is 0 Å². The predicted molar refractivity (Wildman–Crippen MR) is 116 cm³/mol. The van der Waals surface area contributed by atoms with Gasteiger partial charge in [0.05, 0.1) is 0 Å². The Bertz CT molecular complexity index is 880. The molecule has 29 heavy (non-hydrogen) atoms. The zero-order valence-corrected chi connectivity index (χ0v) is 16.8. The normalized spacial score (nSPS) is 12.1. The molecule has 8 nitrogen and oxygen atoms in total. The Morgan fingerprint density at radius 1 is 0.897 bits per heavy atom. The summed E-state index contributed by atoms with van der Waals surface area (Å²) in [6.07, 6.45) is 10.5. The van der Waals surface area contributed by atoms with Crippen LogP contribution in [0.5, 0.6) is 0 Å². The minimum Gasteiger partial charge on any atom is -0.367 e. The van der Waals surface area contributed by atoms with Gasteiger partial charge in [0.2, 0.25) is 11.9 Å². The molecule has 0 radical (unpaired) electrons. The van der Waals surface area contributed by atoms with Crippen molar-refractivity contribution >= 4 is 18.0 Å². The van der Waals surface area contributed by atoms with E-state index in [0.717, 1.165) is 49.3 Å². The fraction of sp³-hybridized carbons (Fsp3) is 0.429. The molecule has 0 fully saturated rings. The van der Waals surface area contributed by atoms with E-state index in [2.05, 4.69) is 61.2 Å². The molecule has 0 spiro atoms. The van der Waals surface area contributed by atoms with Crippen LogP contribution in [-0.2, 0) is 12.8 Å². The van der Waals surface area contributed by atoms with E-state index in [1.807, 2.05) is 6.08 Å². The van der Waals surface area contributed by atoms with E-state index in [-0.39, 0.29) is 5.92 Å². The summed E-state index contributed by atoms with van der Waals surface area (Å²) in [4.78, 5) is 8.51. The van der Waals surface area contributed by atoms with Crippen molar-refractivity contribution in [3.8, 4) is 0 Å². The summed E-state index contributed by atoms with van der Waals surface area (Å²) in [6, 6.07) is 8.49. The van der Waals surface area contributed by atoms with Gasteiger partial charge < -0.3 is 11.5 Å². The van der Waals surface area contributed by atoms with E-state index in [1.54, 1.807) is 0 Å². The van der Waals surface area contributed by atoms with Crippen LogP contribution in [0.25, 0.3) is 6.08 Å². The standard InChI is InChI=1S/C21H30N8/c1-2-15-10-12-16(13-11-15)14-17(19-25-21(23)29-27-19)8-6-4-3-5-7-9-18-24-20(22)28-26-18/h2,10-13,17H,1,3-9,14H2,(H3,22,24,26,28)(H3,23,25,27,29). The maximum Gasteiger partial charge on any atom is 0.239 e. The number of aryl methyl sites for hydroxylation is 1. The highest BCUT2D eigenvalue weighted by molar-refractivity contribution is 5.47. The highest BCUT2D eigenvalue weighted by atomic mass is 15.3. The van der Waals surface area contributed by atoms with Crippen molar-refractivity contribution in [1.82, 2.24) is 30.4 Å². The largest absolute Gasteiger partial charge is 0.367 e. The SMILES string of the molecule is C=Cc1ccc(CC(CCCCCCCc2nc(N)n[nH]2)c2nc(N)n[nH]2)cc1. The van der Waals surface area contributed by atoms with E-state index < -0.39 is 0 Å². The third kappa shape index (κ3) is 6.44. The number of unbranched alkanes of at least 4 members (excludes halogenated alkanes) is 4. The quantitative estimate of drug-likeness (QED) is 0.346. The van der Waals surface area contributed by atoms with Crippen LogP contribution in [0.2, 0.25) is 0 Å². The number of hydrogen-bond donors (Lipinski definition) is 4. The van der Waals surface area contributed by atoms with Crippen LogP contribution < -0.4 is 11.5 Å². The Kier molecular flexibility index (Phi) is 7.38. The lowest BCUT2D eigenvalue weighted by molar-refractivity contribution is 0.521. The number of hydrogen-bond acceptors (Lipinski definition) is 6. The van der Waals surface area contributed by atoms with Crippen LogP contribution in [-0.4, -0.2) is 30.4 Å². The smallest absolute Gasteiger partial charge is 0.239 e. The highest BCUT2D eigenvalue weighted by Gasteiger charge is 2.16. The number of nitrogens with zero attached hydrogens (tertiary/aromatic N) is 4. The van der Waals surface area contributed by atoms with Crippen LogP contribution in [0.4, 0.5) is 11.9 Å². The molecule has 0 aliphatic heterocycles. The molecule has 1 atom stereocenters. The molecule has 3 aromatic rings. The van der Waals surface area contributed by atoms with Gasteiger partial charge >= 0.3 is 0 Å². The fourth-order valence-corrected chi connectivity index (χ4v) is 3.52. The van der Waals surface area contributed by atoms with Crippen LogP contribution in [0.1, 0.15) is 67.2 Å². The minimum atomic E-state index is 0.284. The summed E-state index contributed by atoms with van der Waals surface area (Å²) in [5.41, 5.74) is 13.6. The first-order valence-corrected chi connectivity index (χ1v) is 10.2. The van der Waals surface area contributed by atoms with Crippen molar-refractivity contribution in [1.29, 1.82) is 0 Å². The summed E-state index contributed by atoms with van der Waals surface area (Å²) in [6.45, 7) is 3.81. The van der Waals surface area contributed by atoms with Crippen molar-refractivity contribution in [2.24, 2.45) is 0 Å². The molecule has 0 amide bonds. The Morgan fingerprint density at radius 3 is 2.24 bits per heavy atom. The third-order valence-corrected chi connectivity index (χ3v) is 5.12. The molecule has 0 aliphatic rings. The lowest BCUT2D eigenvalue weighted by Gasteiger charge is -2.14. The first-order chi connectivity index (χ1) is 14.1. The van der Waals surface area contributed by atoms with Gasteiger partial charge in [-0.15, -0.1) is 10.2 Å². The van der Waals surface area contributed by atoms with Gasteiger partial charge in [-0.1, -0.05) is 62.6 Å². The molecule has 0 saturated carbocycles. The summed E-state index contributed by atoms with van der Waals surface area (Å²) < 4.78 is 0. The number of aromatic nitrogens is 6. The molecule has 0 saturated heterocycles. The first kappa shape index (κ1) is 20.6. The molecular weight excluding hydrogens is 364 g/mol. The van der Waals surface area contributed by atoms with E-state index in [4.69, 9.17) is 11.5 Å². The lowest BCUT2D eigenvalue weighted by Crippen LogP contribution is -2.06. The van der Waals surface area contributed by atoms with E-state index in [0.29, 0.717) is 11.9 Å². The zero-order valence-electron chi connectivity index (χ0n) is 16.8. The third-order valence-electron chi connectivity index (χ3n) is 5.12. The lowest BCUT2D eigenvalue weighted by atomic mass is 9.92. The molecule has 3 rings (SSSR count). The monoisotopic (exact) mass is 394 g/mol. The maximum absolute atomic E-state index is 5.72. The molecule has 154 valence electrons. The van der Waals surface area contributed by atoms with Crippen molar-refractivity contribution in [2.75, 3.05) is 11.5 Å². The van der Waals surface area contributed by atoms with Crippen molar-refractivity contribution in [3.63, 3.8) is 0 Å². The fourth-order valence-electron chi connectivity index (χ4n) is 3.52. The summed E-state index contributed by atoms with van der Waals surface area (Å²) in [5, 5.41) is 13.7. The molecule has 8 heteroatoms. The molecular formula is C21H30N8. The van der Waals surface area contributed by atoms with Crippen molar-refractivity contribution < 1.29 is 0 Å². The van der Waals surface area contributed by atoms with E-state index in [1.165, 1.54) is 24.8 Å². The van der Waals surface area contributed by atoms with Gasteiger partial charge in [-0.3, -0.25) is 10.2 Å². The number of nitrogen functional groups attached to an aromatic ring is 2. The zero-order chi connectivity index (χ0) is 20.5. The Morgan fingerprint density at radius 2 is 1.59 bits per heavy atom. The molecule has 6 N–H and O–H groups in total.